The van der Waals surface area contributed by atoms with Gasteiger partial charge in [0.2, 0.25) is 11.1 Å². The summed E-state index contributed by atoms with van der Waals surface area (Å²) in [6.45, 7) is 7.69. The van der Waals surface area contributed by atoms with Crippen LogP contribution in [-0.2, 0) is 9.53 Å². The van der Waals surface area contributed by atoms with E-state index in [0.717, 1.165) is 17.7 Å². The minimum Gasteiger partial charge on any atom is -0.496 e. The smallest absolute Gasteiger partial charge is 0.338 e. The molecule has 28 heavy (non-hydrogen) atoms. The summed E-state index contributed by atoms with van der Waals surface area (Å²) in [6, 6.07) is 7.08. The molecule has 0 fully saturated rings. The summed E-state index contributed by atoms with van der Waals surface area (Å²) in [4.78, 5) is 17.5. The molecule has 1 aliphatic rings. The molecule has 0 radical (unpaired) electrons. The summed E-state index contributed by atoms with van der Waals surface area (Å²) in [7, 11) is 1.61. The van der Waals surface area contributed by atoms with Crippen LogP contribution in [0.5, 0.6) is 5.75 Å². The number of allylic oxidation sites excluding steroid dienone is 1. The van der Waals surface area contributed by atoms with Crippen molar-refractivity contribution in [2.45, 2.75) is 31.5 Å². The maximum absolute atomic E-state index is 12.9. The van der Waals surface area contributed by atoms with Gasteiger partial charge in [-0.1, -0.05) is 49.5 Å². The molecule has 1 N–H and O–H groups in total. The first kappa shape index (κ1) is 20.0. The van der Waals surface area contributed by atoms with Gasteiger partial charge in [0.1, 0.15) is 18.4 Å². The van der Waals surface area contributed by atoms with Crippen LogP contribution in [-0.4, -0.2) is 40.2 Å². The van der Waals surface area contributed by atoms with Gasteiger partial charge in [-0.05, 0) is 19.4 Å². The highest BCUT2D eigenvalue weighted by Gasteiger charge is 2.36. The lowest BCUT2D eigenvalue weighted by Crippen LogP contribution is -2.30. The van der Waals surface area contributed by atoms with Crippen LogP contribution in [0.3, 0.4) is 0 Å². The van der Waals surface area contributed by atoms with Crippen molar-refractivity contribution in [2.24, 2.45) is 0 Å². The molecule has 1 aromatic heterocycles. The number of nitrogens with one attached hydrogen (secondary N) is 1. The minimum atomic E-state index is -0.506. The topological polar surface area (TPSA) is 78.3 Å². The number of carbonyl (C=O) groups excluding carboxylic acids is 1. The van der Waals surface area contributed by atoms with Gasteiger partial charge in [0.05, 0.1) is 12.7 Å². The highest BCUT2D eigenvalue weighted by atomic mass is 32.2. The Kier molecular flexibility index (Phi) is 6.41. The third kappa shape index (κ3) is 3.91. The lowest BCUT2D eigenvalue weighted by molar-refractivity contribution is -0.138. The van der Waals surface area contributed by atoms with Crippen LogP contribution in [0.15, 0.2) is 53.3 Å². The van der Waals surface area contributed by atoms with E-state index in [1.807, 2.05) is 31.2 Å². The Morgan fingerprint density at radius 2 is 2.21 bits per heavy atom. The number of esters is 1. The number of hydrogen-bond acceptors (Lipinski definition) is 7. The number of fused-ring (bicyclic) bond motifs is 1. The first-order chi connectivity index (χ1) is 13.6. The zero-order chi connectivity index (χ0) is 20.1. The van der Waals surface area contributed by atoms with Gasteiger partial charge in [-0.2, -0.15) is 4.98 Å². The van der Waals surface area contributed by atoms with E-state index in [2.05, 4.69) is 28.9 Å². The van der Waals surface area contributed by atoms with Gasteiger partial charge < -0.3 is 14.8 Å². The Morgan fingerprint density at radius 1 is 1.43 bits per heavy atom. The molecule has 0 saturated carbocycles. The van der Waals surface area contributed by atoms with E-state index in [1.54, 1.807) is 29.6 Å². The third-order valence-electron chi connectivity index (χ3n) is 4.25. The van der Waals surface area contributed by atoms with E-state index in [9.17, 15) is 4.79 Å². The van der Waals surface area contributed by atoms with Crippen molar-refractivity contribution >= 4 is 23.7 Å². The molecule has 7 nitrogen and oxygen atoms in total. The Labute approximate surface area is 168 Å². The fourth-order valence-corrected chi connectivity index (χ4v) is 3.73. The second kappa shape index (κ2) is 8.97. The molecule has 1 aromatic carbocycles. The molecule has 0 aliphatic carbocycles. The number of carbonyl (C=O) groups is 1. The molecular weight excluding hydrogens is 376 g/mol. The quantitative estimate of drug-likeness (QED) is 0.410. The molecule has 2 heterocycles. The second-order valence-electron chi connectivity index (χ2n) is 6.21. The number of thioether (sulfide) groups is 1. The number of anilines is 1. The highest BCUT2D eigenvalue weighted by molar-refractivity contribution is 7.99. The van der Waals surface area contributed by atoms with Crippen LogP contribution < -0.4 is 10.1 Å². The fraction of sp³-hybridized carbons (Fsp3) is 0.350. The number of nitrogens with zero attached hydrogens (tertiary/aromatic N) is 3. The first-order valence-electron chi connectivity index (χ1n) is 9.08. The van der Waals surface area contributed by atoms with E-state index in [4.69, 9.17) is 9.47 Å². The SMILES string of the molecule is C=CCOC(=O)C1=C(C)Nc2nc(SCCC)nn2C1c1ccccc1OC. The van der Waals surface area contributed by atoms with Gasteiger partial charge >= 0.3 is 5.97 Å². The molecule has 0 saturated heterocycles. The van der Waals surface area contributed by atoms with E-state index in [0.29, 0.717) is 28.1 Å². The Morgan fingerprint density at radius 3 is 2.93 bits per heavy atom. The number of benzene rings is 1. The predicted octanol–water partition coefficient (Wildman–Crippen LogP) is 3.81. The predicted molar refractivity (Wildman–Crippen MR) is 110 cm³/mol. The Balaban J connectivity index is 2.12. The zero-order valence-corrected chi connectivity index (χ0v) is 17.1. The van der Waals surface area contributed by atoms with Gasteiger partial charge in [0.15, 0.2) is 0 Å². The van der Waals surface area contributed by atoms with Crippen molar-refractivity contribution in [1.29, 1.82) is 0 Å². The minimum absolute atomic E-state index is 0.135. The van der Waals surface area contributed by atoms with E-state index < -0.39 is 12.0 Å². The summed E-state index contributed by atoms with van der Waals surface area (Å²) in [5.74, 6) is 1.75. The molecule has 148 valence electrons. The molecule has 1 unspecified atom stereocenters. The maximum atomic E-state index is 12.9. The lowest BCUT2D eigenvalue weighted by Gasteiger charge is -2.28. The summed E-state index contributed by atoms with van der Waals surface area (Å²) in [6.07, 6.45) is 2.57. The number of rotatable bonds is 8. The molecule has 8 heteroatoms. The summed E-state index contributed by atoms with van der Waals surface area (Å²) < 4.78 is 12.6. The van der Waals surface area contributed by atoms with Crippen molar-refractivity contribution in [3.8, 4) is 5.75 Å². The first-order valence-corrected chi connectivity index (χ1v) is 10.1. The van der Waals surface area contributed by atoms with Crippen LogP contribution in [0.25, 0.3) is 0 Å². The van der Waals surface area contributed by atoms with Crippen LogP contribution >= 0.6 is 11.8 Å². The third-order valence-corrected chi connectivity index (χ3v) is 5.30. The van der Waals surface area contributed by atoms with Crippen molar-refractivity contribution < 1.29 is 14.3 Å². The van der Waals surface area contributed by atoms with Gasteiger partial charge in [-0.3, -0.25) is 0 Å². The number of methoxy groups -OCH3 is 1. The molecule has 3 rings (SSSR count). The Hall–Kier alpha value is -2.74. The average Bonchev–Trinajstić information content (AvgIpc) is 3.11. The molecule has 0 bridgehead atoms. The van der Waals surface area contributed by atoms with Gasteiger partial charge in [-0.25, -0.2) is 9.48 Å². The van der Waals surface area contributed by atoms with Crippen molar-refractivity contribution in [2.75, 3.05) is 24.8 Å². The number of ether oxygens (including phenoxy) is 2. The summed E-state index contributed by atoms with van der Waals surface area (Å²) in [5.41, 5.74) is 1.96. The summed E-state index contributed by atoms with van der Waals surface area (Å²) in [5, 5.41) is 8.51. The fourth-order valence-electron chi connectivity index (χ4n) is 3.04. The molecule has 1 aliphatic heterocycles. The zero-order valence-electron chi connectivity index (χ0n) is 16.3. The van der Waals surface area contributed by atoms with E-state index >= 15 is 0 Å². The van der Waals surface area contributed by atoms with Gasteiger partial charge in [0, 0.05) is 17.0 Å². The largest absolute Gasteiger partial charge is 0.496 e. The van der Waals surface area contributed by atoms with E-state index in [-0.39, 0.29) is 6.61 Å². The molecule has 0 amide bonds. The summed E-state index contributed by atoms with van der Waals surface area (Å²) >= 11 is 1.58. The lowest BCUT2D eigenvalue weighted by atomic mass is 9.95. The molecule has 1 atom stereocenters. The number of hydrogen-bond donors (Lipinski definition) is 1. The van der Waals surface area contributed by atoms with Crippen LogP contribution in [0, 0.1) is 0 Å². The Bertz CT molecular complexity index is 907. The van der Waals surface area contributed by atoms with Crippen LogP contribution in [0.2, 0.25) is 0 Å². The van der Waals surface area contributed by atoms with Crippen LogP contribution in [0.4, 0.5) is 5.95 Å². The normalized spacial score (nSPS) is 15.6. The van der Waals surface area contributed by atoms with Gasteiger partial charge in [-0.15, -0.1) is 5.10 Å². The van der Waals surface area contributed by atoms with Gasteiger partial charge in [0.25, 0.3) is 0 Å². The molecular formula is C20H24N4O3S. The van der Waals surface area contributed by atoms with E-state index in [1.165, 1.54) is 0 Å². The van der Waals surface area contributed by atoms with Crippen molar-refractivity contribution in [3.05, 3.63) is 53.8 Å². The monoisotopic (exact) mass is 400 g/mol. The second-order valence-corrected chi connectivity index (χ2v) is 7.27. The number of para-hydroxylation sites is 1. The van der Waals surface area contributed by atoms with Crippen molar-refractivity contribution in [1.82, 2.24) is 14.8 Å². The number of aromatic nitrogens is 3. The average molecular weight is 401 g/mol. The highest BCUT2D eigenvalue weighted by Crippen LogP contribution is 2.40. The maximum Gasteiger partial charge on any atom is 0.338 e. The standard InChI is InChI=1S/C20H24N4O3S/c1-5-11-27-18(25)16-13(3)21-19-22-20(28-12-6-2)23-24(19)17(16)14-9-7-8-10-15(14)26-4/h5,7-10,17H,1,6,11-12H2,2-4H3,(H,21,22,23). The molecule has 2 aromatic rings. The van der Waals surface area contributed by atoms with Crippen LogP contribution in [0.1, 0.15) is 31.9 Å². The van der Waals surface area contributed by atoms with Crippen molar-refractivity contribution in [3.63, 3.8) is 0 Å². The molecule has 0 spiro atoms.